The molecule has 0 fully saturated rings. The Kier molecular flexibility index (Phi) is 8.74. The molecule has 0 radical (unpaired) electrons. The second kappa shape index (κ2) is 11.0. The minimum atomic E-state index is -0.597. The highest BCUT2D eigenvalue weighted by atomic mass is 79.9. The molecule has 0 aromatic heterocycles. The second-order valence-electron chi connectivity index (χ2n) is 11.2. The normalized spacial score (nSPS) is 16.1. The van der Waals surface area contributed by atoms with E-state index in [1.807, 2.05) is 30.8 Å². The number of benzene rings is 2. The van der Waals surface area contributed by atoms with Gasteiger partial charge >= 0.3 is 0 Å². The fraction of sp³-hybridized carbons (Fsp3) is 0.517. The third-order valence-corrected chi connectivity index (χ3v) is 8.16. The highest BCUT2D eigenvalue weighted by Crippen LogP contribution is 2.47. The van der Waals surface area contributed by atoms with E-state index in [0.29, 0.717) is 23.5 Å². The van der Waals surface area contributed by atoms with E-state index in [-0.39, 0.29) is 70.4 Å². The predicted octanol–water partition coefficient (Wildman–Crippen LogP) is 7.30. The highest BCUT2D eigenvalue weighted by molar-refractivity contribution is 8.93. The van der Waals surface area contributed by atoms with Crippen molar-refractivity contribution in [1.29, 1.82) is 5.41 Å². The predicted molar refractivity (Wildman–Crippen MR) is 154 cm³/mol. The maximum Gasteiger partial charge on any atom is 0.197 e. The van der Waals surface area contributed by atoms with Crippen molar-refractivity contribution >= 4 is 40.4 Å². The molecule has 1 N–H and O–H groups in total. The van der Waals surface area contributed by atoms with Crippen LogP contribution in [0.3, 0.4) is 0 Å². The molecule has 0 saturated heterocycles. The van der Waals surface area contributed by atoms with E-state index >= 15 is 4.39 Å². The Morgan fingerprint density at radius 1 is 1.16 bits per heavy atom. The number of hydrogen-bond donors (Lipinski definition) is 1. The quantitative estimate of drug-likeness (QED) is 0.342. The van der Waals surface area contributed by atoms with Gasteiger partial charge in [-0.3, -0.25) is 10.2 Å². The smallest absolute Gasteiger partial charge is 0.197 e. The van der Waals surface area contributed by atoms with Crippen LogP contribution in [0.25, 0.3) is 0 Å². The number of carbonyl (C=O) groups is 1. The van der Waals surface area contributed by atoms with Gasteiger partial charge < -0.3 is 14.4 Å². The van der Waals surface area contributed by atoms with E-state index in [1.54, 1.807) is 17.9 Å². The van der Waals surface area contributed by atoms with Crippen LogP contribution >= 0.6 is 28.7 Å². The van der Waals surface area contributed by atoms with Crippen molar-refractivity contribution in [2.75, 3.05) is 25.5 Å². The van der Waals surface area contributed by atoms with E-state index in [9.17, 15) is 4.79 Å². The second-order valence-corrected chi connectivity index (χ2v) is 12.3. The van der Waals surface area contributed by atoms with Crippen LogP contribution in [0.1, 0.15) is 87.5 Å². The summed E-state index contributed by atoms with van der Waals surface area (Å²) >= 11 is 1.88. The van der Waals surface area contributed by atoms with E-state index in [1.165, 1.54) is 16.0 Å². The summed E-state index contributed by atoms with van der Waals surface area (Å²) in [4.78, 5) is 16.5. The van der Waals surface area contributed by atoms with Crippen LogP contribution in [0.15, 0.2) is 23.1 Å². The average Bonchev–Trinajstić information content (AvgIpc) is 3.10. The number of rotatable bonds is 7. The van der Waals surface area contributed by atoms with E-state index in [2.05, 4.69) is 34.6 Å². The molecule has 0 spiro atoms. The lowest BCUT2D eigenvalue weighted by molar-refractivity contribution is 0.0962. The standard InChI is InChI=1S/C29H37FN2O3S.BrH/c1-8-34-22-14-18-15-32(27(31)23(18)24(30)25(22)35-9-2)16-21(33)17-12-19(28(3,4)5)26-20(13-17)29(6,7)10-11-36-26;/h12-14,31H,8-11,15-16H2,1-7H3;1H. The summed E-state index contributed by atoms with van der Waals surface area (Å²) in [5.41, 5.74) is 3.78. The van der Waals surface area contributed by atoms with Crippen molar-refractivity contribution in [3.05, 3.63) is 51.8 Å². The molecular formula is C29H38BrFN2O3S. The third kappa shape index (κ3) is 5.56. The molecule has 4 rings (SSSR count). The average molecular weight is 594 g/mol. The number of hydrogen-bond acceptors (Lipinski definition) is 5. The van der Waals surface area contributed by atoms with Crippen LogP contribution in [-0.4, -0.2) is 42.0 Å². The van der Waals surface area contributed by atoms with Gasteiger partial charge in [-0.1, -0.05) is 34.6 Å². The molecule has 0 saturated carbocycles. The first-order chi connectivity index (χ1) is 16.9. The van der Waals surface area contributed by atoms with Crippen LogP contribution in [0.5, 0.6) is 11.5 Å². The Morgan fingerprint density at radius 2 is 1.84 bits per heavy atom. The molecule has 0 unspecified atom stereocenters. The fourth-order valence-corrected chi connectivity index (χ4v) is 6.80. The molecule has 0 atom stereocenters. The van der Waals surface area contributed by atoms with Gasteiger partial charge in [-0.05, 0) is 71.7 Å². The maximum absolute atomic E-state index is 15.4. The molecule has 0 bridgehead atoms. The zero-order valence-electron chi connectivity index (χ0n) is 22.8. The molecular weight excluding hydrogens is 555 g/mol. The number of Topliss-reactive ketones (excluding diaryl/α,β-unsaturated/α-hetero) is 1. The number of ether oxygens (including phenoxy) is 2. The Labute approximate surface area is 234 Å². The summed E-state index contributed by atoms with van der Waals surface area (Å²) in [7, 11) is 0. The number of thioether (sulfide) groups is 1. The lowest BCUT2D eigenvalue weighted by atomic mass is 9.76. The van der Waals surface area contributed by atoms with Crippen LogP contribution in [0.2, 0.25) is 0 Å². The molecule has 0 amide bonds. The van der Waals surface area contributed by atoms with Crippen LogP contribution < -0.4 is 9.47 Å². The van der Waals surface area contributed by atoms with Gasteiger partial charge in [-0.25, -0.2) is 4.39 Å². The summed E-state index contributed by atoms with van der Waals surface area (Å²) in [5, 5.41) is 8.68. The summed E-state index contributed by atoms with van der Waals surface area (Å²) in [6.45, 7) is 15.6. The van der Waals surface area contributed by atoms with Crippen molar-refractivity contribution in [2.45, 2.75) is 77.2 Å². The van der Waals surface area contributed by atoms with Gasteiger partial charge in [0.25, 0.3) is 0 Å². The van der Waals surface area contributed by atoms with Gasteiger partial charge in [0.15, 0.2) is 23.1 Å². The molecule has 2 aromatic rings. The Balaban J connectivity index is 0.00000380. The largest absolute Gasteiger partial charge is 0.490 e. The van der Waals surface area contributed by atoms with Gasteiger partial charge in [0.1, 0.15) is 5.84 Å². The molecule has 5 nitrogen and oxygen atoms in total. The lowest BCUT2D eigenvalue weighted by Gasteiger charge is -2.36. The SMILES string of the molecule is Br.CCOc1cc2c(c(F)c1OCC)C(=N)N(CC(=O)c1cc(C(C)(C)C)c3c(c1)C(C)(C)CCS3)C2. The Hall–Kier alpha value is -2.06. The van der Waals surface area contributed by atoms with Crippen LogP contribution in [0, 0.1) is 11.2 Å². The number of carbonyl (C=O) groups excluding carboxylic acids is 1. The van der Waals surface area contributed by atoms with Crippen molar-refractivity contribution < 1.29 is 18.7 Å². The van der Waals surface area contributed by atoms with Crippen LogP contribution in [0.4, 0.5) is 4.39 Å². The molecule has 37 heavy (non-hydrogen) atoms. The van der Waals surface area contributed by atoms with Gasteiger partial charge in [0, 0.05) is 17.0 Å². The molecule has 2 aliphatic rings. The number of nitrogens with one attached hydrogen (secondary N) is 1. The topological polar surface area (TPSA) is 62.6 Å². The van der Waals surface area contributed by atoms with Crippen molar-refractivity contribution in [3.63, 3.8) is 0 Å². The monoisotopic (exact) mass is 592 g/mol. The Bertz CT molecular complexity index is 1210. The van der Waals surface area contributed by atoms with Gasteiger partial charge in [0.2, 0.25) is 0 Å². The summed E-state index contributed by atoms with van der Waals surface area (Å²) in [6.07, 6.45) is 1.06. The Morgan fingerprint density at radius 3 is 2.46 bits per heavy atom. The minimum absolute atomic E-state index is 0. The number of ketones is 1. The molecule has 8 heteroatoms. The maximum atomic E-state index is 15.4. The number of nitrogens with zero attached hydrogens (tertiary/aromatic N) is 1. The summed E-state index contributed by atoms with van der Waals surface area (Å²) in [5.74, 6) is 0.771. The molecule has 202 valence electrons. The van der Waals surface area contributed by atoms with E-state index in [4.69, 9.17) is 14.9 Å². The van der Waals surface area contributed by atoms with Gasteiger partial charge in [-0.2, -0.15) is 0 Å². The number of halogens is 2. The van der Waals surface area contributed by atoms with Crippen molar-refractivity contribution in [2.24, 2.45) is 0 Å². The molecule has 0 aliphatic carbocycles. The number of fused-ring (bicyclic) bond motifs is 2. The van der Waals surface area contributed by atoms with Crippen molar-refractivity contribution in [1.82, 2.24) is 4.90 Å². The molecule has 2 heterocycles. The fourth-order valence-electron chi connectivity index (χ4n) is 4.97. The van der Waals surface area contributed by atoms with Crippen molar-refractivity contribution in [3.8, 4) is 11.5 Å². The van der Waals surface area contributed by atoms with E-state index < -0.39 is 5.82 Å². The van der Waals surface area contributed by atoms with Gasteiger partial charge in [-0.15, -0.1) is 28.7 Å². The summed E-state index contributed by atoms with van der Waals surface area (Å²) < 4.78 is 26.6. The number of amidine groups is 1. The zero-order valence-corrected chi connectivity index (χ0v) is 25.4. The lowest BCUT2D eigenvalue weighted by Crippen LogP contribution is -2.31. The molecule has 2 aromatic carbocycles. The van der Waals surface area contributed by atoms with E-state index in [0.717, 1.165) is 12.2 Å². The first-order valence-corrected chi connectivity index (χ1v) is 13.7. The van der Waals surface area contributed by atoms with Crippen LogP contribution in [-0.2, 0) is 17.4 Å². The first kappa shape index (κ1) is 29.5. The first-order valence-electron chi connectivity index (χ1n) is 12.7. The third-order valence-electron chi connectivity index (χ3n) is 7.03. The van der Waals surface area contributed by atoms with Gasteiger partial charge in [0.05, 0.1) is 25.3 Å². The highest BCUT2D eigenvalue weighted by Gasteiger charge is 2.35. The molecule has 2 aliphatic heterocycles. The zero-order chi connectivity index (χ0) is 26.4. The minimum Gasteiger partial charge on any atom is -0.490 e. The summed E-state index contributed by atoms with van der Waals surface area (Å²) in [6, 6.07) is 5.82.